The lowest BCUT2D eigenvalue weighted by atomic mass is 9.80. The number of ether oxygens (including phenoxy) is 1. The van der Waals surface area contributed by atoms with Crippen molar-refractivity contribution in [2.45, 2.75) is 26.2 Å². The number of aliphatic carboxylic acids is 1. The van der Waals surface area contributed by atoms with E-state index in [-0.39, 0.29) is 12.5 Å². The van der Waals surface area contributed by atoms with Gasteiger partial charge in [-0.1, -0.05) is 13.0 Å². The maximum Gasteiger partial charge on any atom is 0.311 e. The number of rotatable bonds is 7. The maximum atomic E-state index is 12.4. The molecule has 7 nitrogen and oxygen atoms in total. The van der Waals surface area contributed by atoms with Gasteiger partial charge in [0, 0.05) is 37.4 Å². The maximum absolute atomic E-state index is 12.4. The normalized spacial score (nSPS) is 16.0. The number of carbonyl (C=O) groups is 3. The van der Waals surface area contributed by atoms with Gasteiger partial charge in [0.05, 0.1) is 5.41 Å². The van der Waals surface area contributed by atoms with Gasteiger partial charge in [0.1, 0.15) is 0 Å². The van der Waals surface area contributed by atoms with Gasteiger partial charge in [0.15, 0.2) is 0 Å². The van der Waals surface area contributed by atoms with Crippen LogP contribution in [-0.4, -0.2) is 49.2 Å². The standard InChI is InChI=1S/C18H24N2O5/c1-2-8-19-15(21)13-4-3-5-14(11-13)16(22)20-12-18(17(23)24)6-9-25-10-7-18/h3-5,11H,2,6-10,12H2,1H3,(H,19,21)(H,20,22)(H,23,24). The van der Waals surface area contributed by atoms with Gasteiger partial charge in [-0.15, -0.1) is 0 Å². The lowest BCUT2D eigenvalue weighted by molar-refractivity contribution is -0.154. The molecule has 0 radical (unpaired) electrons. The van der Waals surface area contributed by atoms with Crippen molar-refractivity contribution in [1.29, 1.82) is 0 Å². The molecular formula is C18H24N2O5. The zero-order valence-corrected chi connectivity index (χ0v) is 14.3. The van der Waals surface area contributed by atoms with Crippen LogP contribution in [0.5, 0.6) is 0 Å². The molecule has 0 aliphatic carbocycles. The first-order valence-electron chi connectivity index (χ1n) is 8.46. The van der Waals surface area contributed by atoms with Crippen LogP contribution in [0.25, 0.3) is 0 Å². The Bertz CT molecular complexity index is 638. The third kappa shape index (κ3) is 4.79. The fourth-order valence-corrected chi connectivity index (χ4v) is 2.72. The molecule has 136 valence electrons. The Hall–Kier alpha value is -2.41. The summed E-state index contributed by atoms with van der Waals surface area (Å²) in [7, 11) is 0. The first-order chi connectivity index (χ1) is 12.0. The highest BCUT2D eigenvalue weighted by Crippen LogP contribution is 2.30. The summed E-state index contributed by atoms with van der Waals surface area (Å²) < 4.78 is 5.22. The SMILES string of the molecule is CCCNC(=O)c1cccc(C(=O)NCC2(C(=O)O)CCOCC2)c1. The van der Waals surface area contributed by atoms with Crippen molar-refractivity contribution >= 4 is 17.8 Å². The van der Waals surface area contributed by atoms with Crippen molar-refractivity contribution in [2.75, 3.05) is 26.3 Å². The van der Waals surface area contributed by atoms with E-state index < -0.39 is 17.3 Å². The highest BCUT2D eigenvalue weighted by atomic mass is 16.5. The molecule has 0 bridgehead atoms. The van der Waals surface area contributed by atoms with E-state index in [9.17, 15) is 19.5 Å². The van der Waals surface area contributed by atoms with Gasteiger partial charge >= 0.3 is 5.97 Å². The minimum Gasteiger partial charge on any atom is -0.481 e. The average Bonchev–Trinajstić information content (AvgIpc) is 2.64. The van der Waals surface area contributed by atoms with E-state index in [1.807, 2.05) is 6.92 Å². The van der Waals surface area contributed by atoms with E-state index in [1.54, 1.807) is 18.2 Å². The zero-order valence-electron chi connectivity index (χ0n) is 14.3. The molecule has 1 aliphatic heterocycles. The minimum absolute atomic E-state index is 0.0385. The van der Waals surface area contributed by atoms with E-state index in [1.165, 1.54) is 6.07 Å². The largest absolute Gasteiger partial charge is 0.481 e. The smallest absolute Gasteiger partial charge is 0.311 e. The number of nitrogens with one attached hydrogen (secondary N) is 2. The van der Waals surface area contributed by atoms with Crippen LogP contribution < -0.4 is 10.6 Å². The second kappa shape index (κ2) is 8.62. The second-order valence-corrected chi connectivity index (χ2v) is 6.22. The van der Waals surface area contributed by atoms with E-state index in [2.05, 4.69) is 10.6 Å². The van der Waals surface area contributed by atoms with Crippen molar-refractivity contribution in [2.24, 2.45) is 5.41 Å². The van der Waals surface area contributed by atoms with Gasteiger partial charge < -0.3 is 20.5 Å². The summed E-state index contributed by atoms with van der Waals surface area (Å²) >= 11 is 0. The van der Waals surface area contributed by atoms with E-state index >= 15 is 0 Å². The van der Waals surface area contributed by atoms with Crippen molar-refractivity contribution < 1.29 is 24.2 Å². The number of hydrogen-bond acceptors (Lipinski definition) is 4. The van der Waals surface area contributed by atoms with E-state index in [0.717, 1.165) is 6.42 Å². The molecule has 2 rings (SSSR count). The van der Waals surface area contributed by atoms with Crippen LogP contribution >= 0.6 is 0 Å². The topological polar surface area (TPSA) is 105 Å². The van der Waals surface area contributed by atoms with Gasteiger partial charge in [0.2, 0.25) is 0 Å². The van der Waals surface area contributed by atoms with E-state index in [0.29, 0.717) is 43.7 Å². The highest BCUT2D eigenvalue weighted by molar-refractivity contribution is 5.99. The van der Waals surface area contributed by atoms with Crippen molar-refractivity contribution in [3.8, 4) is 0 Å². The molecule has 25 heavy (non-hydrogen) atoms. The van der Waals surface area contributed by atoms with Gasteiger partial charge in [0.25, 0.3) is 11.8 Å². The summed E-state index contributed by atoms with van der Waals surface area (Å²) in [5, 5.41) is 15.0. The molecule has 0 saturated carbocycles. The molecule has 7 heteroatoms. The van der Waals surface area contributed by atoms with Crippen LogP contribution in [0.3, 0.4) is 0 Å². The second-order valence-electron chi connectivity index (χ2n) is 6.22. The predicted molar refractivity (Wildman–Crippen MR) is 91.5 cm³/mol. The van der Waals surface area contributed by atoms with Gasteiger partial charge in [-0.3, -0.25) is 14.4 Å². The molecule has 0 aromatic heterocycles. The summed E-state index contributed by atoms with van der Waals surface area (Å²) in [5.74, 6) is -1.55. The van der Waals surface area contributed by atoms with Crippen molar-refractivity contribution in [3.63, 3.8) is 0 Å². The number of benzene rings is 1. The average molecular weight is 348 g/mol. The van der Waals surface area contributed by atoms with E-state index in [4.69, 9.17) is 4.74 Å². The van der Waals surface area contributed by atoms with Gasteiger partial charge in [-0.05, 0) is 37.5 Å². The molecule has 0 spiro atoms. The molecular weight excluding hydrogens is 324 g/mol. The highest BCUT2D eigenvalue weighted by Gasteiger charge is 2.40. The van der Waals surface area contributed by atoms with Gasteiger partial charge in [-0.2, -0.15) is 0 Å². The fraction of sp³-hybridized carbons (Fsp3) is 0.500. The lowest BCUT2D eigenvalue weighted by Gasteiger charge is -2.33. The molecule has 2 amide bonds. The molecule has 1 saturated heterocycles. The predicted octanol–water partition coefficient (Wildman–Crippen LogP) is 1.44. The number of hydrogen-bond donors (Lipinski definition) is 3. The first kappa shape index (κ1) is 18.9. The molecule has 1 heterocycles. The molecule has 0 atom stereocenters. The fourth-order valence-electron chi connectivity index (χ4n) is 2.72. The Labute approximate surface area is 146 Å². The number of carboxylic acids is 1. The van der Waals surface area contributed by atoms with Crippen LogP contribution in [0, 0.1) is 5.41 Å². The van der Waals surface area contributed by atoms with Crippen molar-refractivity contribution in [3.05, 3.63) is 35.4 Å². The summed E-state index contributed by atoms with van der Waals surface area (Å²) in [4.78, 5) is 36.0. The minimum atomic E-state index is -0.996. The quantitative estimate of drug-likeness (QED) is 0.691. The summed E-state index contributed by atoms with van der Waals surface area (Å²) in [6.07, 6.45) is 1.55. The monoisotopic (exact) mass is 348 g/mol. The third-order valence-corrected chi connectivity index (χ3v) is 4.41. The third-order valence-electron chi connectivity index (χ3n) is 4.41. The molecule has 3 N–H and O–H groups in total. The van der Waals surface area contributed by atoms with Crippen LogP contribution in [0.1, 0.15) is 46.9 Å². The first-order valence-corrected chi connectivity index (χ1v) is 8.46. The molecule has 1 aliphatic rings. The Morgan fingerprint density at radius 2 is 1.72 bits per heavy atom. The zero-order chi connectivity index (χ0) is 18.3. The molecule has 1 fully saturated rings. The summed E-state index contributed by atoms with van der Waals surface area (Å²) in [5.41, 5.74) is -0.263. The Morgan fingerprint density at radius 1 is 1.12 bits per heavy atom. The van der Waals surface area contributed by atoms with Crippen LogP contribution in [0.2, 0.25) is 0 Å². The number of amides is 2. The Kier molecular flexibility index (Phi) is 6.52. The van der Waals surface area contributed by atoms with Crippen LogP contribution in [-0.2, 0) is 9.53 Å². The van der Waals surface area contributed by atoms with Gasteiger partial charge in [-0.25, -0.2) is 0 Å². The lowest BCUT2D eigenvalue weighted by Crippen LogP contribution is -2.46. The number of carboxylic acid groups (broad SMARTS) is 1. The Morgan fingerprint density at radius 3 is 2.28 bits per heavy atom. The molecule has 1 aromatic rings. The number of carbonyl (C=O) groups excluding carboxylic acids is 2. The summed E-state index contributed by atoms with van der Waals surface area (Å²) in [6.45, 7) is 3.30. The van der Waals surface area contributed by atoms with Crippen molar-refractivity contribution in [1.82, 2.24) is 10.6 Å². The summed E-state index contributed by atoms with van der Waals surface area (Å²) in [6, 6.07) is 6.39. The molecule has 0 unspecified atom stereocenters. The van der Waals surface area contributed by atoms with Crippen LogP contribution in [0.15, 0.2) is 24.3 Å². The van der Waals surface area contributed by atoms with Crippen LogP contribution in [0.4, 0.5) is 0 Å². The Balaban J connectivity index is 2.03. The molecule has 1 aromatic carbocycles.